The van der Waals surface area contributed by atoms with Crippen LogP contribution in [0.15, 0.2) is 72.8 Å². The third-order valence-corrected chi connectivity index (χ3v) is 4.73. The third-order valence-electron chi connectivity index (χ3n) is 4.73. The number of carbonyl (C=O) groups is 1. The van der Waals surface area contributed by atoms with E-state index in [0.717, 1.165) is 12.5 Å². The second kappa shape index (κ2) is 10.0. The molecular formula is C27H25F3O4. The zero-order chi connectivity index (χ0) is 24.9. The highest BCUT2D eigenvalue weighted by molar-refractivity contribution is 5.86. The number of ether oxygens (including phenoxy) is 2. The van der Waals surface area contributed by atoms with E-state index in [1.807, 2.05) is 24.3 Å². The number of alkyl halides is 3. The molecule has 3 aromatic carbocycles. The highest BCUT2D eigenvalue weighted by Gasteiger charge is 2.31. The summed E-state index contributed by atoms with van der Waals surface area (Å²) in [6.07, 6.45) is -1.42. The summed E-state index contributed by atoms with van der Waals surface area (Å²) in [5, 5.41) is 9.00. The van der Waals surface area contributed by atoms with Gasteiger partial charge < -0.3 is 14.6 Å². The first-order valence-electron chi connectivity index (χ1n) is 10.6. The summed E-state index contributed by atoms with van der Waals surface area (Å²) >= 11 is 0. The first-order valence-corrected chi connectivity index (χ1v) is 10.6. The summed E-state index contributed by atoms with van der Waals surface area (Å²) in [7, 11) is 0. The molecule has 0 bridgehead atoms. The summed E-state index contributed by atoms with van der Waals surface area (Å²) in [4.78, 5) is 11.0. The summed E-state index contributed by atoms with van der Waals surface area (Å²) in [5.74, 6) is -0.422. The number of hydrogen-bond donors (Lipinski definition) is 1. The van der Waals surface area contributed by atoms with Crippen molar-refractivity contribution in [3.05, 3.63) is 83.9 Å². The number of carboxylic acids is 1. The van der Waals surface area contributed by atoms with Crippen molar-refractivity contribution in [3.8, 4) is 28.4 Å². The van der Waals surface area contributed by atoms with Gasteiger partial charge in [-0.25, -0.2) is 4.79 Å². The van der Waals surface area contributed by atoms with Crippen LogP contribution in [-0.2, 0) is 11.2 Å². The number of rotatable bonds is 7. The zero-order valence-corrected chi connectivity index (χ0v) is 19.0. The Kier molecular flexibility index (Phi) is 7.35. The second-order valence-electron chi connectivity index (χ2n) is 8.98. The van der Waals surface area contributed by atoms with Crippen LogP contribution in [0.1, 0.15) is 31.9 Å². The standard InChI is InChI=1S/C27H25F3O4/c1-26(2,3)17-18-4-11-22(12-5-18)33-24-16-21(7-6-20(24)10-15-25(31)32)19-8-13-23(14-9-19)34-27(28,29)30/h4-16H,17H2,1-3H3,(H,31,32)/b15-10+. The van der Waals surface area contributed by atoms with Crippen LogP contribution in [0.3, 0.4) is 0 Å². The molecular weight excluding hydrogens is 445 g/mol. The molecule has 34 heavy (non-hydrogen) atoms. The average Bonchev–Trinajstić information content (AvgIpc) is 2.72. The Balaban J connectivity index is 1.89. The lowest BCUT2D eigenvalue weighted by molar-refractivity contribution is -0.274. The van der Waals surface area contributed by atoms with Crippen LogP contribution in [0.2, 0.25) is 0 Å². The Bertz CT molecular complexity index is 1160. The van der Waals surface area contributed by atoms with Gasteiger partial charge in [0, 0.05) is 11.6 Å². The van der Waals surface area contributed by atoms with Crippen molar-refractivity contribution in [2.24, 2.45) is 5.41 Å². The molecule has 0 aliphatic carbocycles. The fourth-order valence-electron chi connectivity index (χ4n) is 3.36. The van der Waals surface area contributed by atoms with Crippen LogP contribution in [-0.4, -0.2) is 17.4 Å². The molecule has 0 spiro atoms. The van der Waals surface area contributed by atoms with Crippen LogP contribution < -0.4 is 9.47 Å². The smallest absolute Gasteiger partial charge is 0.478 e. The van der Waals surface area contributed by atoms with E-state index in [1.165, 1.54) is 35.9 Å². The van der Waals surface area contributed by atoms with Gasteiger partial charge in [-0.2, -0.15) is 0 Å². The lowest BCUT2D eigenvalue weighted by Gasteiger charge is -2.18. The molecule has 0 aliphatic rings. The predicted molar refractivity (Wildman–Crippen MR) is 125 cm³/mol. The molecule has 0 fully saturated rings. The topological polar surface area (TPSA) is 55.8 Å². The molecule has 3 aromatic rings. The molecule has 0 saturated carbocycles. The van der Waals surface area contributed by atoms with E-state index in [4.69, 9.17) is 9.84 Å². The van der Waals surface area contributed by atoms with Crippen molar-refractivity contribution in [2.75, 3.05) is 0 Å². The quantitative estimate of drug-likeness (QED) is 0.359. The van der Waals surface area contributed by atoms with Crippen molar-refractivity contribution in [2.45, 2.75) is 33.6 Å². The van der Waals surface area contributed by atoms with Crippen LogP contribution in [0.4, 0.5) is 13.2 Å². The van der Waals surface area contributed by atoms with E-state index < -0.39 is 12.3 Å². The molecule has 0 radical (unpaired) electrons. The molecule has 0 amide bonds. The molecule has 0 saturated heterocycles. The number of benzene rings is 3. The van der Waals surface area contributed by atoms with Crippen LogP contribution in [0.25, 0.3) is 17.2 Å². The van der Waals surface area contributed by atoms with E-state index in [9.17, 15) is 18.0 Å². The highest BCUT2D eigenvalue weighted by Crippen LogP contribution is 2.33. The van der Waals surface area contributed by atoms with Gasteiger partial charge in [-0.3, -0.25) is 0 Å². The van der Waals surface area contributed by atoms with Gasteiger partial charge in [0.15, 0.2) is 0 Å². The average molecular weight is 470 g/mol. The maximum atomic E-state index is 12.4. The Labute approximate surface area is 196 Å². The Morgan fingerprint density at radius 1 is 0.882 bits per heavy atom. The number of hydrogen-bond acceptors (Lipinski definition) is 3. The molecule has 0 heterocycles. The lowest BCUT2D eigenvalue weighted by atomic mass is 9.88. The molecule has 1 N–H and O–H groups in total. The zero-order valence-electron chi connectivity index (χ0n) is 19.0. The Hall–Kier alpha value is -3.74. The predicted octanol–water partition coefficient (Wildman–Crippen LogP) is 7.73. The number of carboxylic acid groups (broad SMARTS) is 1. The minimum Gasteiger partial charge on any atom is -0.478 e. The van der Waals surface area contributed by atoms with Crippen molar-refractivity contribution in [3.63, 3.8) is 0 Å². The molecule has 7 heteroatoms. The van der Waals surface area contributed by atoms with Crippen LogP contribution in [0, 0.1) is 5.41 Å². The van der Waals surface area contributed by atoms with Crippen LogP contribution >= 0.6 is 0 Å². The first kappa shape index (κ1) is 24.9. The first-order chi connectivity index (χ1) is 15.9. The molecule has 3 rings (SSSR count). The van der Waals surface area contributed by atoms with Crippen molar-refractivity contribution < 1.29 is 32.5 Å². The third kappa shape index (κ3) is 7.69. The van der Waals surface area contributed by atoms with Crippen molar-refractivity contribution in [1.29, 1.82) is 0 Å². The molecule has 0 unspecified atom stereocenters. The summed E-state index contributed by atoms with van der Waals surface area (Å²) in [5.41, 5.74) is 3.19. The van der Waals surface area contributed by atoms with E-state index in [2.05, 4.69) is 25.5 Å². The van der Waals surface area contributed by atoms with Crippen molar-refractivity contribution >= 4 is 12.0 Å². The fourth-order valence-corrected chi connectivity index (χ4v) is 3.36. The molecule has 4 nitrogen and oxygen atoms in total. The van der Waals surface area contributed by atoms with Crippen molar-refractivity contribution in [1.82, 2.24) is 0 Å². The molecule has 0 atom stereocenters. The van der Waals surface area contributed by atoms with Gasteiger partial charge >= 0.3 is 12.3 Å². The number of aliphatic carboxylic acids is 1. The van der Waals surface area contributed by atoms with Gasteiger partial charge in [-0.15, -0.1) is 13.2 Å². The molecule has 0 aromatic heterocycles. The minimum atomic E-state index is -4.76. The second-order valence-corrected chi connectivity index (χ2v) is 8.98. The van der Waals surface area contributed by atoms with Gasteiger partial charge in [0.1, 0.15) is 17.2 Å². The van der Waals surface area contributed by atoms with Gasteiger partial charge in [0.25, 0.3) is 0 Å². The molecule has 0 aliphatic heterocycles. The minimum absolute atomic E-state index is 0.145. The SMILES string of the molecule is CC(C)(C)Cc1ccc(Oc2cc(-c3ccc(OC(F)(F)F)cc3)ccc2/C=C/C(=O)O)cc1. The maximum absolute atomic E-state index is 12.4. The lowest BCUT2D eigenvalue weighted by Crippen LogP contribution is -2.16. The van der Waals surface area contributed by atoms with Gasteiger partial charge in [-0.05, 0) is 64.9 Å². The van der Waals surface area contributed by atoms with Gasteiger partial charge in [-0.1, -0.05) is 57.2 Å². The summed E-state index contributed by atoms with van der Waals surface area (Å²) < 4.78 is 47.2. The fraction of sp³-hybridized carbons (Fsp3) is 0.222. The van der Waals surface area contributed by atoms with E-state index in [0.29, 0.717) is 28.2 Å². The van der Waals surface area contributed by atoms with E-state index >= 15 is 0 Å². The maximum Gasteiger partial charge on any atom is 0.573 e. The normalized spacial score (nSPS) is 12.1. The molecule has 178 valence electrons. The number of halogens is 3. The Morgan fingerprint density at radius 3 is 2.03 bits per heavy atom. The Morgan fingerprint density at radius 2 is 1.47 bits per heavy atom. The van der Waals surface area contributed by atoms with Gasteiger partial charge in [0.2, 0.25) is 0 Å². The van der Waals surface area contributed by atoms with Gasteiger partial charge in [0.05, 0.1) is 0 Å². The highest BCUT2D eigenvalue weighted by atomic mass is 19.4. The summed E-state index contributed by atoms with van der Waals surface area (Å²) in [6.45, 7) is 6.48. The van der Waals surface area contributed by atoms with E-state index in [1.54, 1.807) is 18.2 Å². The monoisotopic (exact) mass is 470 g/mol. The summed E-state index contributed by atoms with van der Waals surface area (Å²) in [6, 6.07) is 18.3. The van der Waals surface area contributed by atoms with Crippen LogP contribution in [0.5, 0.6) is 17.2 Å². The largest absolute Gasteiger partial charge is 0.573 e. The van der Waals surface area contributed by atoms with E-state index in [-0.39, 0.29) is 11.2 Å².